The minimum Gasteiger partial charge on any atom is -0.431 e. The molecule has 0 fully saturated rings. The van der Waals surface area contributed by atoms with E-state index in [4.69, 9.17) is 4.42 Å². The quantitative estimate of drug-likeness (QED) is 0.782. The molecule has 0 bridgehead atoms. The zero-order valence-electron chi connectivity index (χ0n) is 12.5. The number of nitrogens with one attached hydrogen (secondary N) is 1. The van der Waals surface area contributed by atoms with Gasteiger partial charge in [0.2, 0.25) is 0 Å². The first kappa shape index (κ1) is 14.6. The molecule has 1 aromatic heterocycles. The molecule has 4 heteroatoms. The number of nitrogens with zero attached hydrogens (tertiary/aromatic N) is 2. The van der Waals surface area contributed by atoms with Crippen molar-refractivity contribution in [2.75, 3.05) is 18.0 Å². The van der Waals surface area contributed by atoms with E-state index in [1.54, 1.807) is 6.26 Å². The molecule has 0 aliphatic rings. The van der Waals surface area contributed by atoms with E-state index in [1.165, 1.54) is 5.56 Å². The van der Waals surface area contributed by atoms with Crippen LogP contribution in [-0.2, 0) is 6.54 Å². The molecule has 4 nitrogen and oxygen atoms in total. The number of benzene rings is 1. The maximum Gasteiger partial charge on any atom is 0.302 e. The molecule has 0 aliphatic carbocycles. The Morgan fingerprint density at radius 3 is 2.60 bits per heavy atom. The third-order valence-corrected chi connectivity index (χ3v) is 3.17. The van der Waals surface area contributed by atoms with Gasteiger partial charge in [-0.15, -0.1) is 0 Å². The first-order valence-electron chi connectivity index (χ1n) is 7.24. The Labute approximate surface area is 120 Å². The van der Waals surface area contributed by atoms with Gasteiger partial charge in [-0.05, 0) is 38.9 Å². The first-order valence-corrected chi connectivity index (χ1v) is 7.24. The summed E-state index contributed by atoms with van der Waals surface area (Å²) in [5, 5.41) is 3.33. The Bertz CT molecular complexity index is 519. The molecular weight excluding hydrogens is 250 g/mol. The molecule has 0 saturated heterocycles. The van der Waals surface area contributed by atoms with Gasteiger partial charge in [-0.1, -0.05) is 24.6 Å². The van der Waals surface area contributed by atoms with Crippen molar-refractivity contribution in [1.29, 1.82) is 0 Å². The molecule has 2 aromatic rings. The minimum atomic E-state index is 0.657. The maximum atomic E-state index is 5.61. The minimum absolute atomic E-state index is 0.657. The van der Waals surface area contributed by atoms with Crippen LogP contribution in [0, 0.1) is 6.92 Å². The summed E-state index contributed by atoms with van der Waals surface area (Å²) in [6.07, 6.45) is 2.85. The number of oxazole rings is 1. The summed E-state index contributed by atoms with van der Waals surface area (Å²) >= 11 is 0. The predicted molar refractivity (Wildman–Crippen MR) is 82.4 cm³/mol. The maximum absolute atomic E-state index is 5.61. The summed E-state index contributed by atoms with van der Waals surface area (Å²) < 4.78 is 5.61. The van der Waals surface area contributed by atoms with E-state index < -0.39 is 0 Å². The molecule has 1 heterocycles. The molecular formula is C16H23N3O. The zero-order chi connectivity index (χ0) is 14.4. The van der Waals surface area contributed by atoms with E-state index in [2.05, 4.69) is 60.2 Å². The number of aromatic nitrogens is 1. The molecule has 0 saturated carbocycles. The average Bonchev–Trinajstić information content (AvgIpc) is 2.91. The summed E-state index contributed by atoms with van der Waals surface area (Å²) in [4.78, 5) is 6.62. The number of hydrogen-bond donors (Lipinski definition) is 1. The Balaban J connectivity index is 2.09. The molecule has 0 radical (unpaired) electrons. The summed E-state index contributed by atoms with van der Waals surface area (Å²) in [6, 6.07) is 9.05. The van der Waals surface area contributed by atoms with Crippen molar-refractivity contribution < 1.29 is 4.42 Å². The third kappa shape index (κ3) is 3.61. The van der Waals surface area contributed by atoms with Crippen LogP contribution in [0.15, 0.2) is 34.9 Å². The fourth-order valence-corrected chi connectivity index (χ4v) is 2.05. The predicted octanol–water partition coefficient (Wildman–Crippen LogP) is 3.64. The highest BCUT2D eigenvalue weighted by Crippen LogP contribution is 2.24. The molecule has 2 rings (SSSR count). The van der Waals surface area contributed by atoms with E-state index in [0.29, 0.717) is 6.01 Å². The third-order valence-electron chi connectivity index (χ3n) is 3.17. The van der Waals surface area contributed by atoms with Crippen LogP contribution in [0.1, 0.15) is 31.5 Å². The van der Waals surface area contributed by atoms with Crippen LogP contribution in [0.5, 0.6) is 0 Å². The second kappa shape index (κ2) is 7.10. The fourth-order valence-electron chi connectivity index (χ4n) is 2.05. The Kier molecular flexibility index (Phi) is 5.18. The normalized spacial score (nSPS) is 10.8. The Morgan fingerprint density at radius 2 is 1.95 bits per heavy atom. The molecule has 0 spiro atoms. The van der Waals surface area contributed by atoms with Gasteiger partial charge >= 0.3 is 6.01 Å². The van der Waals surface area contributed by atoms with E-state index in [0.717, 1.165) is 37.4 Å². The number of aryl methyl sites for hydroxylation is 1. The Morgan fingerprint density at radius 1 is 1.20 bits per heavy atom. The van der Waals surface area contributed by atoms with Crippen molar-refractivity contribution >= 4 is 11.7 Å². The van der Waals surface area contributed by atoms with Gasteiger partial charge in [0.15, 0.2) is 0 Å². The average molecular weight is 273 g/mol. The lowest BCUT2D eigenvalue weighted by atomic mass is 10.2. The standard InChI is InChI=1S/C16H23N3O/c1-4-10-17-11-14-12-20-16(18-14)19(5-2)15-8-6-13(3)7-9-15/h6-9,12,17H,4-5,10-11H2,1-3H3. The monoisotopic (exact) mass is 273 g/mol. The van der Waals surface area contributed by atoms with Crippen molar-refractivity contribution in [2.45, 2.75) is 33.7 Å². The lowest BCUT2D eigenvalue weighted by Gasteiger charge is -2.18. The van der Waals surface area contributed by atoms with Gasteiger partial charge in [0.05, 0.1) is 5.69 Å². The Hall–Kier alpha value is -1.81. The largest absolute Gasteiger partial charge is 0.431 e. The van der Waals surface area contributed by atoms with Crippen LogP contribution >= 0.6 is 0 Å². The van der Waals surface area contributed by atoms with Gasteiger partial charge in [-0.2, -0.15) is 4.98 Å². The van der Waals surface area contributed by atoms with Gasteiger partial charge in [-0.25, -0.2) is 0 Å². The molecule has 0 amide bonds. The lowest BCUT2D eigenvalue weighted by molar-refractivity contribution is 0.552. The summed E-state index contributed by atoms with van der Waals surface area (Å²) in [6.45, 7) is 8.91. The van der Waals surface area contributed by atoms with E-state index >= 15 is 0 Å². The summed E-state index contributed by atoms with van der Waals surface area (Å²) in [5.74, 6) is 0. The van der Waals surface area contributed by atoms with Gasteiger partial charge in [0.1, 0.15) is 6.26 Å². The topological polar surface area (TPSA) is 41.3 Å². The molecule has 108 valence electrons. The van der Waals surface area contributed by atoms with Crippen LogP contribution in [0.25, 0.3) is 0 Å². The van der Waals surface area contributed by atoms with Gasteiger partial charge in [0, 0.05) is 18.8 Å². The van der Waals surface area contributed by atoms with Gasteiger partial charge < -0.3 is 9.73 Å². The van der Waals surface area contributed by atoms with E-state index in [9.17, 15) is 0 Å². The van der Waals surface area contributed by atoms with Crippen molar-refractivity contribution in [3.05, 3.63) is 41.8 Å². The van der Waals surface area contributed by atoms with Crippen molar-refractivity contribution in [2.24, 2.45) is 0 Å². The molecule has 20 heavy (non-hydrogen) atoms. The second-order valence-corrected chi connectivity index (χ2v) is 4.88. The fraction of sp³-hybridized carbons (Fsp3) is 0.438. The van der Waals surface area contributed by atoms with Crippen LogP contribution in [0.3, 0.4) is 0 Å². The smallest absolute Gasteiger partial charge is 0.302 e. The first-order chi connectivity index (χ1) is 9.74. The zero-order valence-corrected chi connectivity index (χ0v) is 12.5. The molecule has 1 N–H and O–H groups in total. The highest BCUT2D eigenvalue weighted by Gasteiger charge is 2.13. The van der Waals surface area contributed by atoms with Crippen molar-refractivity contribution in [3.8, 4) is 0 Å². The molecule has 0 unspecified atom stereocenters. The molecule has 0 atom stereocenters. The van der Waals surface area contributed by atoms with Crippen molar-refractivity contribution in [1.82, 2.24) is 10.3 Å². The highest BCUT2D eigenvalue weighted by molar-refractivity contribution is 5.56. The van der Waals surface area contributed by atoms with Crippen LogP contribution < -0.4 is 10.2 Å². The number of hydrogen-bond acceptors (Lipinski definition) is 4. The number of rotatable bonds is 7. The summed E-state index contributed by atoms with van der Waals surface area (Å²) in [5.41, 5.74) is 3.30. The van der Waals surface area contributed by atoms with Crippen LogP contribution in [-0.4, -0.2) is 18.1 Å². The SMILES string of the molecule is CCCNCc1coc(N(CC)c2ccc(C)cc2)n1. The van der Waals surface area contributed by atoms with Crippen LogP contribution in [0.2, 0.25) is 0 Å². The highest BCUT2D eigenvalue weighted by atomic mass is 16.4. The van der Waals surface area contributed by atoms with Crippen molar-refractivity contribution in [3.63, 3.8) is 0 Å². The summed E-state index contributed by atoms with van der Waals surface area (Å²) in [7, 11) is 0. The lowest BCUT2D eigenvalue weighted by Crippen LogP contribution is -2.17. The van der Waals surface area contributed by atoms with Crippen LogP contribution in [0.4, 0.5) is 11.7 Å². The van der Waals surface area contributed by atoms with Gasteiger partial charge in [0.25, 0.3) is 0 Å². The molecule has 1 aromatic carbocycles. The second-order valence-electron chi connectivity index (χ2n) is 4.88. The van der Waals surface area contributed by atoms with E-state index in [-0.39, 0.29) is 0 Å². The van der Waals surface area contributed by atoms with E-state index in [1.807, 2.05) is 0 Å². The number of anilines is 2. The van der Waals surface area contributed by atoms with Gasteiger partial charge in [-0.3, -0.25) is 4.90 Å². The molecule has 0 aliphatic heterocycles.